The molecule has 22 heavy (non-hydrogen) atoms. The molecular weight excluding hydrogens is 284 g/mol. The van der Waals surface area contributed by atoms with E-state index in [9.17, 15) is 14.4 Å². The number of rotatable bonds is 4. The molecule has 0 saturated heterocycles. The molecule has 6 nitrogen and oxygen atoms in total. The molecule has 1 aromatic carbocycles. The van der Waals surface area contributed by atoms with Gasteiger partial charge >= 0.3 is 12.0 Å². The minimum absolute atomic E-state index is 0.127. The zero-order chi connectivity index (χ0) is 15.9. The highest BCUT2D eigenvalue weighted by Crippen LogP contribution is 2.17. The number of imide groups is 1. The Balaban J connectivity index is 1.72. The normalized spacial score (nSPS) is 14.4. The summed E-state index contributed by atoms with van der Waals surface area (Å²) in [5.74, 6) is -1.23. The highest BCUT2D eigenvalue weighted by Gasteiger charge is 2.18. The maximum absolute atomic E-state index is 11.8. The van der Waals surface area contributed by atoms with Gasteiger partial charge in [-0.15, -0.1) is 0 Å². The monoisotopic (exact) mass is 304 g/mol. The van der Waals surface area contributed by atoms with Gasteiger partial charge in [-0.05, 0) is 31.9 Å². The first-order valence-corrected chi connectivity index (χ1v) is 7.39. The van der Waals surface area contributed by atoms with Crippen LogP contribution >= 0.6 is 0 Å². The van der Waals surface area contributed by atoms with Gasteiger partial charge in [-0.1, -0.05) is 30.5 Å². The summed E-state index contributed by atoms with van der Waals surface area (Å²) in [6.07, 6.45) is 4.05. The Hall–Kier alpha value is -2.37. The second-order valence-electron chi connectivity index (χ2n) is 5.45. The van der Waals surface area contributed by atoms with E-state index >= 15 is 0 Å². The summed E-state index contributed by atoms with van der Waals surface area (Å²) in [4.78, 5) is 34.9. The lowest BCUT2D eigenvalue weighted by Gasteiger charge is -2.12. The first-order valence-electron chi connectivity index (χ1n) is 7.39. The Bertz CT molecular complexity index is 565. The van der Waals surface area contributed by atoms with E-state index in [1.165, 1.54) is 0 Å². The van der Waals surface area contributed by atoms with Crippen molar-refractivity contribution in [2.24, 2.45) is 0 Å². The number of ether oxygens (including phenoxy) is 1. The molecule has 1 aliphatic carbocycles. The van der Waals surface area contributed by atoms with E-state index in [2.05, 4.69) is 10.6 Å². The largest absolute Gasteiger partial charge is 0.452 e. The minimum atomic E-state index is -0.642. The molecule has 1 fully saturated rings. The van der Waals surface area contributed by atoms with Gasteiger partial charge in [0.25, 0.3) is 5.91 Å². The SMILES string of the molecule is Cc1cccc(C(=O)OCC(=O)NC(=O)NC2CCCC2)c1. The Labute approximate surface area is 129 Å². The molecule has 2 N–H and O–H groups in total. The zero-order valence-corrected chi connectivity index (χ0v) is 12.6. The molecule has 1 aliphatic rings. The standard InChI is InChI=1S/C16H20N2O4/c1-11-5-4-6-12(9-11)15(20)22-10-14(19)18-16(21)17-13-7-2-3-8-13/h4-6,9,13H,2-3,7-8,10H2,1H3,(H2,17,18,19,21). The molecule has 0 atom stereocenters. The molecule has 0 heterocycles. The molecule has 1 saturated carbocycles. The van der Waals surface area contributed by atoms with E-state index in [1.54, 1.807) is 18.2 Å². The summed E-state index contributed by atoms with van der Waals surface area (Å²) in [6, 6.07) is 6.47. The second-order valence-corrected chi connectivity index (χ2v) is 5.45. The predicted octanol–water partition coefficient (Wildman–Crippen LogP) is 1.92. The van der Waals surface area contributed by atoms with Gasteiger partial charge < -0.3 is 10.1 Å². The van der Waals surface area contributed by atoms with Gasteiger partial charge in [0, 0.05) is 6.04 Å². The molecule has 0 spiro atoms. The van der Waals surface area contributed by atoms with Gasteiger partial charge in [0.05, 0.1) is 5.56 Å². The van der Waals surface area contributed by atoms with Crippen LogP contribution in [0.5, 0.6) is 0 Å². The lowest BCUT2D eigenvalue weighted by atomic mass is 10.1. The number of amides is 3. The maximum atomic E-state index is 11.8. The number of benzene rings is 1. The van der Waals surface area contributed by atoms with E-state index < -0.39 is 24.5 Å². The third kappa shape index (κ3) is 4.87. The molecule has 3 amide bonds. The average Bonchev–Trinajstić information content (AvgIpc) is 2.97. The molecule has 118 valence electrons. The molecule has 0 radical (unpaired) electrons. The van der Waals surface area contributed by atoms with Crippen LogP contribution in [0.25, 0.3) is 0 Å². The van der Waals surface area contributed by atoms with E-state index in [-0.39, 0.29) is 6.04 Å². The summed E-state index contributed by atoms with van der Waals surface area (Å²) < 4.78 is 4.88. The van der Waals surface area contributed by atoms with Crippen molar-refractivity contribution in [1.82, 2.24) is 10.6 Å². The van der Waals surface area contributed by atoms with Crippen LogP contribution in [0.15, 0.2) is 24.3 Å². The first-order chi connectivity index (χ1) is 10.5. The number of urea groups is 1. The average molecular weight is 304 g/mol. The number of hydrogen-bond acceptors (Lipinski definition) is 4. The van der Waals surface area contributed by atoms with Crippen molar-refractivity contribution in [3.05, 3.63) is 35.4 Å². The third-order valence-electron chi connectivity index (χ3n) is 3.53. The molecule has 0 unspecified atom stereocenters. The summed E-state index contributed by atoms with van der Waals surface area (Å²) in [7, 11) is 0. The van der Waals surface area contributed by atoms with Crippen LogP contribution in [0.2, 0.25) is 0 Å². The summed E-state index contributed by atoms with van der Waals surface area (Å²) in [6.45, 7) is 1.38. The lowest BCUT2D eigenvalue weighted by Crippen LogP contribution is -2.44. The van der Waals surface area contributed by atoms with Crippen molar-refractivity contribution in [2.45, 2.75) is 38.6 Å². The van der Waals surface area contributed by atoms with Gasteiger partial charge in [0.1, 0.15) is 0 Å². The predicted molar refractivity (Wildman–Crippen MR) is 80.4 cm³/mol. The zero-order valence-electron chi connectivity index (χ0n) is 12.6. The minimum Gasteiger partial charge on any atom is -0.452 e. The van der Waals surface area contributed by atoms with E-state index in [0.717, 1.165) is 31.2 Å². The van der Waals surface area contributed by atoms with E-state index in [0.29, 0.717) is 5.56 Å². The van der Waals surface area contributed by atoms with Crippen molar-refractivity contribution >= 4 is 17.9 Å². The van der Waals surface area contributed by atoms with Crippen LogP contribution in [0, 0.1) is 6.92 Å². The Morgan fingerprint density at radius 1 is 1.23 bits per heavy atom. The number of carbonyl (C=O) groups is 3. The van der Waals surface area contributed by atoms with Crippen LogP contribution in [0.3, 0.4) is 0 Å². The first kappa shape index (κ1) is 16.0. The molecule has 2 rings (SSSR count). The molecule has 6 heteroatoms. The third-order valence-corrected chi connectivity index (χ3v) is 3.53. The molecule has 1 aromatic rings. The number of nitrogens with one attached hydrogen (secondary N) is 2. The highest BCUT2D eigenvalue weighted by molar-refractivity contribution is 5.97. The van der Waals surface area contributed by atoms with E-state index in [4.69, 9.17) is 4.74 Å². The smallest absolute Gasteiger partial charge is 0.338 e. The fourth-order valence-corrected chi connectivity index (χ4v) is 2.44. The van der Waals surface area contributed by atoms with Gasteiger partial charge in [-0.25, -0.2) is 9.59 Å². The Morgan fingerprint density at radius 3 is 2.64 bits per heavy atom. The lowest BCUT2D eigenvalue weighted by molar-refractivity contribution is -0.123. The maximum Gasteiger partial charge on any atom is 0.338 e. The van der Waals surface area contributed by atoms with Gasteiger partial charge in [-0.3, -0.25) is 10.1 Å². The van der Waals surface area contributed by atoms with E-state index in [1.807, 2.05) is 13.0 Å². The van der Waals surface area contributed by atoms with Crippen LogP contribution in [-0.2, 0) is 9.53 Å². The fraction of sp³-hybridized carbons (Fsp3) is 0.438. The van der Waals surface area contributed by atoms with Crippen molar-refractivity contribution in [3.8, 4) is 0 Å². The quantitative estimate of drug-likeness (QED) is 0.832. The van der Waals surface area contributed by atoms with Gasteiger partial charge in [0.2, 0.25) is 0 Å². The van der Waals surface area contributed by atoms with Crippen LogP contribution in [-0.4, -0.2) is 30.6 Å². The van der Waals surface area contributed by atoms with Crippen molar-refractivity contribution < 1.29 is 19.1 Å². The number of aryl methyl sites for hydroxylation is 1. The number of esters is 1. The molecule has 0 aliphatic heterocycles. The van der Waals surface area contributed by atoms with Crippen molar-refractivity contribution in [1.29, 1.82) is 0 Å². The highest BCUT2D eigenvalue weighted by atomic mass is 16.5. The van der Waals surface area contributed by atoms with Gasteiger partial charge in [-0.2, -0.15) is 0 Å². The second kappa shape index (κ2) is 7.59. The van der Waals surface area contributed by atoms with Gasteiger partial charge in [0.15, 0.2) is 6.61 Å². The molecule has 0 aromatic heterocycles. The number of carbonyl (C=O) groups excluding carboxylic acids is 3. The Morgan fingerprint density at radius 2 is 1.95 bits per heavy atom. The Kier molecular flexibility index (Phi) is 5.52. The van der Waals surface area contributed by atoms with Crippen LogP contribution < -0.4 is 10.6 Å². The summed E-state index contributed by atoms with van der Waals surface area (Å²) >= 11 is 0. The van der Waals surface area contributed by atoms with Crippen LogP contribution in [0.4, 0.5) is 4.79 Å². The topological polar surface area (TPSA) is 84.5 Å². The van der Waals surface area contributed by atoms with Crippen molar-refractivity contribution in [3.63, 3.8) is 0 Å². The number of hydrogen-bond donors (Lipinski definition) is 2. The fourth-order valence-electron chi connectivity index (χ4n) is 2.44. The molecule has 0 bridgehead atoms. The van der Waals surface area contributed by atoms with Crippen molar-refractivity contribution in [2.75, 3.05) is 6.61 Å². The van der Waals surface area contributed by atoms with Crippen LogP contribution in [0.1, 0.15) is 41.6 Å². The molecular formula is C16H20N2O4. The summed E-state index contributed by atoms with van der Waals surface area (Å²) in [5.41, 5.74) is 1.30. The summed E-state index contributed by atoms with van der Waals surface area (Å²) in [5, 5.41) is 4.88.